The minimum Gasteiger partial charge on any atom is -0.398 e. The Bertz CT molecular complexity index is 1320. The normalized spacial score (nSPS) is 18.3. The molecule has 5 nitrogen and oxygen atoms in total. The van der Waals surface area contributed by atoms with Crippen LogP contribution in [0.2, 0.25) is 15.1 Å². The summed E-state index contributed by atoms with van der Waals surface area (Å²) in [5.41, 5.74) is 7.44. The molecular weight excluding hydrogens is 547 g/mol. The van der Waals surface area contributed by atoms with E-state index in [-0.39, 0.29) is 20.6 Å². The van der Waals surface area contributed by atoms with Crippen molar-refractivity contribution in [2.45, 2.75) is 10.3 Å². The molecule has 4 rings (SSSR count). The van der Waals surface area contributed by atoms with Crippen LogP contribution in [0, 0.1) is 11.7 Å². The monoisotopic (exact) mass is 559 g/mol. The van der Waals surface area contributed by atoms with Gasteiger partial charge in [0.1, 0.15) is 10.2 Å². The first-order chi connectivity index (χ1) is 16.0. The maximum absolute atomic E-state index is 13.5. The number of rotatable bonds is 5. The van der Waals surface area contributed by atoms with Crippen LogP contribution < -0.4 is 16.4 Å². The number of halogens is 6. The molecule has 2 atom stereocenters. The average molecular weight is 562 g/mol. The Morgan fingerprint density at radius 2 is 1.53 bits per heavy atom. The van der Waals surface area contributed by atoms with Gasteiger partial charge in [-0.2, -0.15) is 0 Å². The van der Waals surface area contributed by atoms with Crippen LogP contribution in [0.25, 0.3) is 0 Å². The van der Waals surface area contributed by atoms with Crippen molar-refractivity contribution in [3.05, 3.63) is 86.6 Å². The number of nitrogen functional groups attached to an aromatic ring is 1. The van der Waals surface area contributed by atoms with Gasteiger partial charge in [0.2, 0.25) is 5.91 Å². The van der Waals surface area contributed by atoms with Crippen LogP contribution >= 0.6 is 58.0 Å². The lowest BCUT2D eigenvalue weighted by atomic mass is 10.1. The molecule has 0 aliphatic heterocycles. The van der Waals surface area contributed by atoms with E-state index in [4.69, 9.17) is 63.7 Å². The number of anilines is 3. The second-order valence-electron chi connectivity index (χ2n) is 7.68. The molecule has 34 heavy (non-hydrogen) atoms. The van der Waals surface area contributed by atoms with Gasteiger partial charge in [-0.1, -0.05) is 40.9 Å². The number of nitrogens with one attached hydrogen (secondary N) is 2. The van der Waals surface area contributed by atoms with Crippen LogP contribution in [0.1, 0.15) is 21.8 Å². The summed E-state index contributed by atoms with van der Waals surface area (Å²) in [5.74, 6) is -2.98. The molecule has 1 saturated carbocycles. The van der Waals surface area contributed by atoms with Gasteiger partial charge in [-0.05, 0) is 54.1 Å². The van der Waals surface area contributed by atoms with E-state index in [1.165, 1.54) is 42.5 Å². The molecule has 1 aliphatic rings. The number of nitrogens with two attached hydrogens (primary N) is 1. The van der Waals surface area contributed by atoms with Gasteiger partial charge in [0.15, 0.2) is 0 Å². The standard InChI is InChI=1S/C23H15Cl5FN3O2/c24-14-4-2-11(8-13(14)21(33)31-12-3-6-18(30)16(26)9-12)32-22(34)20-19(23(20,27)28)10-1-5-17(29)15(25)7-10/h1-9,19-20H,30H2,(H,31,33)(H,32,34). The molecule has 0 aromatic heterocycles. The van der Waals surface area contributed by atoms with Crippen LogP contribution in [0.15, 0.2) is 54.6 Å². The molecule has 0 radical (unpaired) electrons. The molecular formula is C23H15Cl5FN3O2. The lowest BCUT2D eigenvalue weighted by Gasteiger charge is -2.11. The summed E-state index contributed by atoms with van der Waals surface area (Å²) in [6.45, 7) is 0. The minimum absolute atomic E-state index is 0.0940. The number of carbonyl (C=O) groups is 2. The van der Waals surface area contributed by atoms with E-state index in [2.05, 4.69) is 10.6 Å². The van der Waals surface area contributed by atoms with E-state index in [1.807, 2.05) is 0 Å². The fraction of sp³-hybridized carbons (Fsp3) is 0.130. The lowest BCUT2D eigenvalue weighted by molar-refractivity contribution is -0.117. The molecule has 0 saturated heterocycles. The zero-order valence-corrected chi connectivity index (χ0v) is 20.8. The zero-order chi connectivity index (χ0) is 24.8. The summed E-state index contributed by atoms with van der Waals surface area (Å²) in [5, 5.41) is 5.74. The van der Waals surface area contributed by atoms with Crippen molar-refractivity contribution >= 4 is 86.9 Å². The fourth-order valence-electron chi connectivity index (χ4n) is 3.57. The summed E-state index contributed by atoms with van der Waals surface area (Å²) >= 11 is 30.7. The van der Waals surface area contributed by atoms with Crippen LogP contribution in [0.3, 0.4) is 0 Å². The SMILES string of the molecule is Nc1ccc(NC(=O)c2cc(NC(=O)C3C(c4ccc(F)c(Cl)c4)C3(Cl)Cl)ccc2Cl)cc1Cl. The number of amides is 2. The lowest BCUT2D eigenvalue weighted by Crippen LogP contribution is -2.18. The predicted molar refractivity (Wildman–Crippen MR) is 136 cm³/mol. The molecule has 0 bridgehead atoms. The third kappa shape index (κ3) is 4.92. The molecule has 1 fully saturated rings. The quantitative estimate of drug-likeness (QED) is 0.229. The second kappa shape index (κ2) is 9.44. The number of carbonyl (C=O) groups excluding carboxylic acids is 2. The topological polar surface area (TPSA) is 84.2 Å². The van der Waals surface area contributed by atoms with Crippen molar-refractivity contribution in [2.75, 3.05) is 16.4 Å². The number of hydrogen-bond acceptors (Lipinski definition) is 3. The molecule has 4 N–H and O–H groups in total. The minimum atomic E-state index is -1.40. The highest BCUT2D eigenvalue weighted by Crippen LogP contribution is 2.65. The summed E-state index contributed by atoms with van der Waals surface area (Å²) in [6.07, 6.45) is 0. The third-order valence-corrected chi connectivity index (χ3v) is 7.26. The molecule has 0 spiro atoms. The van der Waals surface area contributed by atoms with E-state index < -0.39 is 33.8 Å². The van der Waals surface area contributed by atoms with Gasteiger partial charge >= 0.3 is 0 Å². The summed E-state index contributed by atoms with van der Waals surface area (Å²) in [4.78, 5) is 25.7. The molecule has 3 aromatic carbocycles. The van der Waals surface area contributed by atoms with Gasteiger partial charge in [0.25, 0.3) is 5.91 Å². The average Bonchev–Trinajstić information content (AvgIpc) is 3.36. The highest BCUT2D eigenvalue weighted by molar-refractivity contribution is 6.53. The van der Waals surface area contributed by atoms with Gasteiger partial charge < -0.3 is 16.4 Å². The van der Waals surface area contributed by atoms with E-state index >= 15 is 0 Å². The third-order valence-electron chi connectivity index (χ3n) is 5.38. The zero-order valence-electron chi connectivity index (χ0n) is 17.0. The molecule has 2 amide bonds. The predicted octanol–water partition coefficient (Wildman–Crippen LogP) is 7.15. The Morgan fingerprint density at radius 1 is 0.853 bits per heavy atom. The second-order valence-corrected chi connectivity index (χ2v) is 10.3. The van der Waals surface area contributed by atoms with Crippen LogP contribution in [0.4, 0.5) is 21.5 Å². The van der Waals surface area contributed by atoms with E-state index in [0.717, 1.165) is 0 Å². The molecule has 3 aromatic rings. The van der Waals surface area contributed by atoms with E-state index in [9.17, 15) is 14.0 Å². The van der Waals surface area contributed by atoms with Crippen molar-refractivity contribution in [3.8, 4) is 0 Å². The van der Waals surface area contributed by atoms with Crippen molar-refractivity contribution < 1.29 is 14.0 Å². The van der Waals surface area contributed by atoms with Gasteiger partial charge in [-0.25, -0.2) is 4.39 Å². The molecule has 11 heteroatoms. The van der Waals surface area contributed by atoms with Crippen molar-refractivity contribution in [1.29, 1.82) is 0 Å². The molecule has 0 heterocycles. The highest BCUT2D eigenvalue weighted by atomic mass is 35.5. The smallest absolute Gasteiger partial charge is 0.257 e. The van der Waals surface area contributed by atoms with E-state index in [0.29, 0.717) is 22.6 Å². The van der Waals surface area contributed by atoms with E-state index in [1.54, 1.807) is 12.1 Å². The number of benzene rings is 3. The number of hydrogen-bond donors (Lipinski definition) is 3. The van der Waals surface area contributed by atoms with Crippen LogP contribution in [0.5, 0.6) is 0 Å². The first kappa shape index (κ1) is 24.9. The Hall–Kier alpha value is -2.22. The number of alkyl halides is 2. The largest absolute Gasteiger partial charge is 0.398 e. The van der Waals surface area contributed by atoms with Gasteiger partial charge in [0.05, 0.1) is 32.2 Å². The fourth-order valence-corrected chi connectivity index (χ4v) is 4.97. The molecule has 2 unspecified atom stereocenters. The van der Waals surface area contributed by atoms with Crippen molar-refractivity contribution in [3.63, 3.8) is 0 Å². The first-order valence-electron chi connectivity index (χ1n) is 9.78. The Labute approximate surface area is 219 Å². The Morgan fingerprint density at radius 3 is 2.21 bits per heavy atom. The summed E-state index contributed by atoms with van der Waals surface area (Å²) in [6, 6.07) is 13.1. The van der Waals surface area contributed by atoms with Gasteiger partial charge in [-0.15, -0.1) is 23.2 Å². The summed E-state index contributed by atoms with van der Waals surface area (Å²) in [7, 11) is 0. The summed E-state index contributed by atoms with van der Waals surface area (Å²) < 4.78 is 12.1. The Balaban J connectivity index is 1.50. The van der Waals surface area contributed by atoms with Crippen molar-refractivity contribution in [1.82, 2.24) is 0 Å². The van der Waals surface area contributed by atoms with Crippen LogP contribution in [-0.4, -0.2) is 16.1 Å². The maximum atomic E-state index is 13.5. The van der Waals surface area contributed by atoms with Gasteiger partial charge in [0, 0.05) is 17.3 Å². The van der Waals surface area contributed by atoms with Crippen molar-refractivity contribution in [2.24, 2.45) is 5.92 Å². The molecule has 176 valence electrons. The Kier molecular flexibility index (Phi) is 6.91. The maximum Gasteiger partial charge on any atom is 0.257 e. The first-order valence-corrected chi connectivity index (χ1v) is 11.7. The van der Waals surface area contributed by atoms with Crippen LogP contribution in [-0.2, 0) is 4.79 Å². The molecule has 1 aliphatic carbocycles. The van der Waals surface area contributed by atoms with Gasteiger partial charge in [-0.3, -0.25) is 9.59 Å². The highest BCUT2D eigenvalue weighted by Gasteiger charge is 2.67.